The average molecular weight is 380 g/mol. The highest BCUT2D eigenvalue weighted by molar-refractivity contribution is 6.12. The number of phenolic OH excluding ortho intramolecular Hbond substituents is 1. The van der Waals surface area contributed by atoms with E-state index in [0.29, 0.717) is 29.3 Å². The predicted molar refractivity (Wildman–Crippen MR) is 110 cm³/mol. The van der Waals surface area contributed by atoms with E-state index in [2.05, 4.69) is 20.9 Å². The fourth-order valence-electron chi connectivity index (χ4n) is 3.00. The van der Waals surface area contributed by atoms with Crippen molar-refractivity contribution in [2.45, 2.75) is 33.1 Å². The second kappa shape index (κ2) is 8.56. The summed E-state index contributed by atoms with van der Waals surface area (Å²) >= 11 is 0. The maximum atomic E-state index is 12.7. The second-order valence-electron chi connectivity index (χ2n) is 6.70. The summed E-state index contributed by atoms with van der Waals surface area (Å²) in [4.78, 5) is 28.8. The van der Waals surface area contributed by atoms with E-state index in [9.17, 15) is 14.7 Å². The van der Waals surface area contributed by atoms with Crippen molar-refractivity contribution < 1.29 is 14.7 Å². The van der Waals surface area contributed by atoms with Crippen molar-refractivity contribution in [1.29, 1.82) is 0 Å². The Hall–Kier alpha value is -3.35. The van der Waals surface area contributed by atoms with Gasteiger partial charge in [0.05, 0.1) is 5.69 Å². The highest BCUT2D eigenvalue weighted by Crippen LogP contribution is 2.30. The van der Waals surface area contributed by atoms with Gasteiger partial charge in [-0.15, -0.1) is 0 Å². The van der Waals surface area contributed by atoms with Crippen molar-refractivity contribution >= 4 is 34.2 Å². The summed E-state index contributed by atoms with van der Waals surface area (Å²) in [5.74, 6) is 0.0762. The Morgan fingerprint density at radius 1 is 1.14 bits per heavy atom. The van der Waals surface area contributed by atoms with Crippen LogP contribution < -0.4 is 16.0 Å². The summed E-state index contributed by atoms with van der Waals surface area (Å²) in [7, 11) is 0. The number of nitrogens with one attached hydrogen (secondary N) is 3. The van der Waals surface area contributed by atoms with Crippen LogP contribution in [0, 0.1) is 0 Å². The smallest absolute Gasteiger partial charge is 0.320 e. The largest absolute Gasteiger partial charge is 0.506 e. The van der Waals surface area contributed by atoms with Gasteiger partial charge in [-0.05, 0) is 36.2 Å². The van der Waals surface area contributed by atoms with Crippen molar-refractivity contribution in [2.75, 3.05) is 11.9 Å². The number of amidine groups is 1. The number of nitrogens with zero attached hydrogens (tertiary/aromatic N) is 1. The zero-order chi connectivity index (χ0) is 20.1. The number of fused-ring (bicyclic) bond motifs is 1. The number of aromatic hydroxyl groups is 1. The molecule has 2 aromatic rings. The van der Waals surface area contributed by atoms with Crippen molar-refractivity contribution in [3.8, 4) is 5.75 Å². The van der Waals surface area contributed by atoms with Gasteiger partial charge in [0.15, 0.2) is 0 Å². The van der Waals surface area contributed by atoms with Gasteiger partial charge in [0.2, 0.25) is 0 Å². The molecule has 3 amide bonds. The number of carbonyl (C=O) groups is 2. The lowest BCUT2D eigenvalue weighted by atomic mass is 10.1. The number of hydrogen-bond donors (Lipinski definition) is 4. The molecule has 3 rings (SSSR count). The lowest BCUT2D eigenvalue weighted by Crippen LogP contribution is -2.39. The van der Waals surface area contributed by atoms with E-state index >= 15 is 0 Å². The Kier molecular flexibility index (Phi) is 5.93. The summed E-state index contributed by atoms with van der Waals surface area (Å²) in [5.41, 5.74) is 1.33. The number of anilines is 1. The van der Waals surface area contributed by atoms with Crippen molar-refractivity contribution in [1.82, 2.24) is 10.6 Å². The number of urea groups is 1. The fraction of sp³-hybridized carbons (Fsp3) is 0.286. The maximum absolute atomic E-state index is 12.7. The van der Waals surface area contributed by atoms with E-state index in [0.717, 1.165) is 23.6 Å². The van der Waals surface area contributed by atoms with Crippen molar-refractivity contribution in [2.24, 2.45) is 4.99 Å². The van der Waals surface area contributed by atoms with Crippen LogP contribution in [0.4, 0.5) is 10.5 Å². The van der Waals surface area contributed by atoms with Crippen LogP contribution >= 0.6 is 0 Å². The van der Waals surface area contributed by atoms with Gasteiger partial charge >= 0.3 is 6.03 Å². The van der Waals surface area contributed by atoms with Gasteiger partial charge in [-0.1, -0.05) is 37.6 Å². The van der Waals surface area contributed by atoms with Crippen LogP contribution in [0.25, 0.3) is 10.8 Å². The Bertz CT molecular complexity index is 979. The Balaban J connectivity index is 1.63. The quantitative estimate of drug-likeness (QED) is 0.470. The van der Waals surface area contributed by atoms with Gasteiger partial charge < -0.3 is 15.7 Å². The molecule has 2 aromatic carbocycles. The molecule has 1 heterocycles. The molecular weight excluding hydrogens is 356 g/mol. The van der Waals surface area contributed by atoms with Gasteiger partial charge in [-0.2, -0.15) is 0 Å². The van der Waals surface area contributed by atoms with Gasteiger partial charge in [0.1, 0.15) is 11.6 Å². The summed E-state index contributed by atoms with van der Waals surface area (Å²) in [6.45, 7) is 4.36. The standard InChI is InChI=1S/C21H24N4O3/c1-3-4-9-22-21(28)25-19-12-16(13(2)23-19)20(27)24-17-10-14-7-5-6-8-15(14)11-18(17)26/h5-8,10-11,26H,3-4,9,12H2,1-2H3,(H,24,27)(H2,22,23,25,28). The fourth-order valence-corrected chi connectivity index (χ4v) is 3.00. The molecule has 4 N–H and O–H groups in total. The second-order valence-corrected chi connectivity index (χ2v) is 6.70. The van der Waals surface area contributed by atoms with Crippen LogP contribution in [-0.4, -0.2) is 29.4 Å². The molecule has 0 aromatic heterocycles. The molecule has 0 unspecified atom stereocenters. The lowest BCUT2D eigenvalue weighted by molar-refractivity contribution is -0.112. The topological polar surface area (TPSA) is 103 Å². The number of phenols is 1. The minimum Gasteiger partial charge on any atom is -0.506 e. The molecule has 0 aliphatic carbocycles. The van der Waals surface area contributed by atoms with E-state index < -0.39 is 0 Å². The summed E-state index contributed by atoms with van der Waals surface area (Å²) in [5, 5.41) is 20.2. The zero-order valence-corrected chi connectivity index (χ0v) is 16.0. The molecule has 0 saturated heterocycles. The number of allylic oxidation sites excluding steroid dienone is 1. The summed E-state index contributed by atoms with van der Waals surface area (Å²) < 4.78 is 0. The Morgan fingerprint density at radius 3 is 2.57 bits per heavy atom. The molecule has 0 spiro atoms. The monoisotopic (exact) mass is 380 g/mol. The molecule has 0 radical (unpaired) electrons. The molecular formula is C21H24N4O3. The Morgan fingerprint density at radius 2 is 1.86 bits per heavy atom. The van der Waals surface area contributed by atoms with E-state index in [1.807, 2.05) is 31.2 Å². The zero-order valence-electron chi connectivity index (χ0n) is 16.0. The highest BCUT2D eigenvalue weighted by atomic mass is 16.3. The molecule has 7 nitrogen and oxygen atoms in total. The number of amides is 3. The van der Waals surface area contributed by atoms with Crippen LogP contribution in [0.2, 0.25) is 0 Å². The van der Waals surface area contributed by atoms with Crippen LogP contribution in [0.1, 0.15) is 33.1 Å². The van der Waals surface area contributed by atoms with Crippen molar-refractivity contribution in [3.63, 3.8) is 0 Å². The van der Waals surface area contributed by atoms with Crippen LogP contribution in [0.3, 0.4) is 0 Å². The van der Waals surface area contributed by atoms with Crippen LogP contribution in [-0.2, 0) is 4.79 Å². The number of hydrogen-bond acceptors (Lipinski definition) is 4. The lowest BCUT2D eigenvalue weighted by Gasteiger charge is -2.10. The van der Waals surface area contributed by atoms with Gasteiger partial charge in [-0.3, -0.25) is 10.1 Å². The van der Waals surface area contributed by atoms with Crippen LogP contribution in [0.15, 0.2) is 52.7 Å². The SMILES string of the molecule is CCCCNC(=O)NC1=NC(C)=C(C(=O)Nc2cc3ccccc3cc2O)C1. The average Bonchev–Trinajstić information content (AvgIpc) is 3.02. The van der Waals surface area contributed by atoms with E-state index in [1.54, 1.807) is 19.1 Å². The first-order valence-corrected chi connectivity index (χ1v) is 9.33. The Labute approximate surface area is 163 Å². The summed E-state index contributed by atoms with van der Waals surface area (Å²) in [6, 6.07) is 10.6. The third kappa shape index (κ3) is 4.49. The normalized spacial score (nSPS) is 13.4. The molecule has 28 heavy (non-hydrogen) atoms. The number of rotatable bonds is 5. The molecule has 0 saturated carbocycles. The van der Waals surface area contributed by atoms with Crippen LogP contribution in [0.5, 0.6) is 5.75 Å². The minimum atomic E-state index is -0.352. The van der Waals surface area contributed by atoms with E-state index in [-0.39, 0.29) is 24.1 Å². The number of carbonyl (C=O) groups excluding carboxylic acids is 2. The molecule has 0 bridgehead atoms. The van der Waals surface area contributed by atoms with E-state index in [4.69, 9.17) is 0 Å². The maximum Gasteiger partial charge on any atom is 0.320 e. The molecule has 1 aliphatic rings. The number of aliphatic imine (C=N–C) groups is 1. The number of unbranched alkanes of at least 4 members (excludes halogenated alkanes) is 1. The molecule has 1 aliphatic heterocycles. The number of benzene rings is 2. The molecule has 7 heteroatoms. The molecule has 0 fully saturated rings. The first-order chi connectivity index (χ1) is 13.5. The van der Waals surface area contributed by atoms with Crippen molar-refractivity contribution in [3.05, 3.63) is 47.7 Å². The molecule has 146 valence electrons. The van der Waals surface area contributed by atoms with Gasteiger partial charge in [0.25, 0.3) is 5.91 Å². The first kappa shape index (κ1) is 19.4. The van der Waals surface area contributed by atoms with Gasteiger partial charge in [0, 0.05) is 24.2 Å². The van der Waals surface area contributed by atoms with Gasteiger partial charge in [-0.25, -0.2) is 9.79 Å². The highest BCUT2D eigenvalue weighted by Gasteiger charge is 2.23. The predicted octanol–water partition coefficient (Wildman–Crippen LogP) is 3.66. The third-order valence-corrected chi connectivity index (χ3v) is 4.54. The third-order valence-electron chi connectivity index (χ3n) is 4.54. The minimum absolute atomic E-state index is 0.00197. The molecule has 0 atom stereocenters. The van der Waals surface area contributed by atoms with E-state index in [1.165, 1.54) is 0 Å². The summed E-state index contributed by atoms with van der Waals surface area (Å²) in [6.07, 6.45) is 2.13. The first-order valence-electron chi connectivity index (χ1n) is 9.33.